The highest BCUT2D eigenvalue weighted by molar-refractivity contribution is 5.91. The molecular weight excluding hydrogens is 354 g/mol. The molecule has 2 fully saturated rings. The summed E-state index contributed by atoms with van der Waals surface area (Å²) in [6, 6.07) is 8.69. The van der Waals surface area contributed by atoms with Crippen LogP contribution in [0.25, 0.3) is 0 Å². The largest absolute Gasteiger partial charge is 0.497 e. The van der Waals surface area contributed by atoms with Crippen LogP contribution < -0.4 is 4.74 Å². The number of ether oxygens (including phenoxy) is 1. The zero-order chi connectivity index (χ0) is 19.3. The van der Waals surface area contributed by atoms with Gasteiger partial charge in [-0.1, -0.05) is 12.1 Å². The summed E-state index contributed by atoms with van der Waals surface area (Å²) < 4.78 is 7.33. The van der Waals surface area contributed by atoms with Gasteiger partial charge in [0.25, 0.3) is 5.91 Å². The SMILES string of the molecule is COc1ccc([C@@H]2[C@@H]3CN(C(=O)c4nnc5n4CCCC5)C[C@@H]3CN2C)cc1. The Kier molecular flexibility index (Phi) is 4.34. The molecule has 3 aliphatic heterocycles. The number of hydrogen-bond donors (Lipinski definition) is 0. The zero-order valence-electron chi connectivity index (χ0n) is 16.5. The van der Waals surface area contributed by atoms with Crippen molar-refractivity contribution in [2.45, 2.75) is 31.8 Å². The van der Waals surface area contributed by atoms with Crippen LogP contribution in [0.3, 0.4) is 0 Å². The van der Waals surface area contributed by atoms with Crippen LogP contribution in [0.4, 0.5) is 0 Å². The van der Waals surface area contributed by atoms with E-state index in [0.717, 1.165) is 57.0 Å². The molecule has 2 aromatic rings. The summed E-state index contributed by atoms with van der Waals surface area (Å²) in [6.45, 7) is 3.47. The monoisotopic (exact) mass is 381 g/mol. The maximum atomic E-state index is 13.2. The van der Waals surface area contributed by atoms with Gasteiger partial charge in [0.05, 0.1) is 7.11 Å². The van der Waals surface area contributed by atoms with Crippen LogP contribution in [0.2, 0.25) is 0 Å². The Bertz CT molecular complexity index is 877. The molecule has 0 unspecified atom stereocenters. The Balaban J connectivity index is 1.36. The second-order valence-electron chi connectivity index (χ2n) is 8.34. The van der Waals surface area contributed by atoms with Gasteiger partial charge in [-0.05, 0) is 43.5 Å². The number of methoxy groups -OCH3 is 1. The number of carbonyl (C=O) groups excluding carboxylic acids is 1. The smallest absolute Gasteiger partial charge is 0.291 e. The second-order valence-corrected chi connectivity index (χ2v) is 8.34. The molecule has 28 heavy (non-hydrogen) atoms. The second kappa shape index (κ2) is 6.88. The Hall–Kier alpha value is -2.41. The average Bonchev–Trinajstić information content (AvgIpc) is 3.40. The molecule has 148 valence electrons. The van der Waals surface area contributed by atoms with E-state index in [-0.39, 0.29) is 5.91 Å². The number of hydrogen-bond acceptors (Lipinski definition) is 5. The minimum atomic E-state index is 0.0474. The average molecular weight is 381 g/mol. The highest BCUT2D eigenvalue weighted by Crippen LogP contribution is 2.44. The van der Waals surface area contributed by atoms with Crippen molar-refractivity contribution in [2.75, 3.05) is 33.8 Å². The molecule has 0 N–H and O–H groups in total. The van der Waals surface area contributed by atoms with Gasteiger partial charge in [-0.25, -0.2) is 0 Å². The molecule has 1 amide bonds. The highest BCUT2D eigenvalue weighted by Gasteiger charge is 2.47. The lowest BCUT2D eigenvalue weighted by Gasteiger charge is -2.27. The molecule has 4 heterocycles. The number of rotatable bonds is 3. The third kappa shape index (κ3) is 2.80. The van der Waals surface area contributed by atoms with E-state index >= 15 is 0 Å². The van der Waals surface area contributed by atoms with Gasteiger partial charge in [-0.15, -0.1) is 10.2 Å². The normalized spacial score (nSPS) is 26.9. The Morgan fingerprint density at radius 1 is 1.11 bits per heavy atom. The summed E-state index contributed by atoms with van der Waals surface area (Å²) in [4.78, 5) is 17.6. The van der Waals surface area contributed by atoms with Gasteiger partial charge < -0.3 is 14.2 Å². The van der Waals surface area contributed by atoms with Gasteiger partial charge in [0.2, 0.25) is 5.82 Å². The predicted octanol–water partition coefficient (Wildman–Crippen LogP) is 2.00. The maximum absolute atomic E-state index is 13.2. The quantitative estimate of drug-likeness (QED) is 0.814. The lowest BCUT2D eigenvalue weighted by atomic mass is 9.89. The van der Waals surface area contributed by atoms with Crippen molar-refractivity contribution in [3.8, 4) is 5.75 Å². The molecule has 7 nitrogen and oxygen atoms in total. The number of amides is 1. The van der Waals surface area contributed by atoms with Crippen LogP contribution in [0.5, 0.6) is 5.75 Å². The summed E-state index contributed by atoms with van der Waals surface area (Å²) in [5, 5.41) is 8.50. The van der Waals surface area contributed by atoms with Gasteiger partial charge in [-0.2, -0.15) is 0 Å². The summed E-state index contributed by atoms with van der Waals surface area (Å²) >= 11 is 0. The zero-order valence-corrected chi connectivity index (χ0v) is 16.5. The molecule has 3 aliphatic rings. The van der Waals surface area contributed by atoms with E-state index in [2.05, 4.69) is 34.3 Å². The van der Waals surface area contributed by atoms with Gasteiger partial charge in [0, 0.05) is 44.6 Å². The Morgan fingerprint density at radius 2 is 1.93 bits per heavy atom. The van der Waals surface area contributed by atoms with Crippen molar-refractivity contribution in [1.29, 1.82) is 0 Å². The number of nitrogens with zero attached hydrogens (tertiary/aromatic N) is 5. The Morgan fingerprint density at radius 3 is 2.71 bits per heavy atom. The first-order valence-electron chi connectivity index (χ1n) is 10.2. The molecule has 0 bridgehead atoms. The minimum Gasteiger partial charge on any atom is -0.497 e. The van der Waals surface area contributed by atoms with E-state index in [1.807, 2.05) is 21.6 Å². The number of benzene rings is 1. The molecule has 1 aromatic carbocycles. The van der Waals surface area contributed by atoms with Crippen molar-refractivity contribution in [3.05, 3.63) is 41.5 Å². The standard InChI is InChI=1S/C21H27N5O2/c1-24-11-15-12-25(21(27)20-23-22-18-5-3-4-10-26(18)20)13-17(15)19(24)14-6-8-16(28-2)9-7-14/h6-9,15,17,19H,3-5,10-13H2,1-2H3/t15-,17+,19+/m0/s1. The highest BCUT2D eigenvalue weighted by atomic mass is 16.5. The van der Waals surface area contributed by atoms with Crippen molar-refractivity contribution >= 4 is 5.91 Å². The topological polar surface area (TPSA) is 63.5 Å². The van der Waals surface area contributed by atoms with Crippen molar-refractivity contribution in [2.24, 2.45) is 11.8 Å². The van der Waals surface area contributed by atoms with Gasteiger partial charge in [-0.3, -0.25) is 9.69 Å². The number of aryl methyl sites for hydroxylation is 1. The van der Waals surface area contributed by atoms with Crippen LogP contribution in [0, 0.1) is 11.8 Å². The first kappa shape index (κ1) is 17.7. The lowest BCUT2D eigenvalue weighted by Crippen LogP contribution is -2.35. The third-order valence-corrected chi connectivity index (χ3v) is 6.69. The van der Waals surface area contributed by atoms with Crippen molar-refractivity contribution in [3.63, 3.8) is 0 Å². The van der Waals surface area contributed by atoms with Crippen LogP contribution in [0.15, 0.2) is 24.3 Å². The number of fused-ring (bicyclic) bond motifs is 2. The van der Waals surface area contributed by atoms with Gasteiger partial charge in [0.1, 0.15) is 11.6 Å². The van der Waals surface area contributed by atoms with Crippen LogP contribution in [-0.2, 0) is 13.0 Å². The summed E-state index contributed by atoms with van der Waals surface area (Å²) in [7, 11) is 3.88. The van der Waals surface area contributed by atoms with E-state index in [1.54, 1.807) is 7.11 Å². The maximum Gasteiger partial charge on any atom is 0.291 e. The minimum absolute atomic E-state index is 0.0474. The molecule has 1 aromatic heterocycles. The van der Waals surface area contributed by atoms with E-state index in [0.29, 0.717) is 23.7 Å². The van der Waals surface area contributed by atoms with Crippen molar-refractivity contribution in [1.82, 2.24) is 24.6 Å². The number of aromatic nitrogens is 3. The first-order chi connectivity index (χ1) is 13.7. The molecule has 5 rings (SSSR count). The van der Waals surface area contributed by atoms with E-state index in [4.69, 9.17) is 4.74 Å². The van der Waals surface area contributed by atoms with E-state index in [1.165, 1.54) is 5.56 Å². The predicted molar refractivity (Wildman–Crippen MR) is 104 cm³/mol. The van der Waals surface area contributed by atoms with E-state index in [9.17, 15) is 4.79 Å². The van der Waals surface area contributed by atoms with Crippen LogP contribution >= 0.6 is 0 Å². The number of likely N-dealkylation sites (tertiary alicyclic amines) is 2. The number of carbonyl (C=O) groups is 1. The Labute approximate surface area is 165 Å². The molecule has 0 radical (unpaired) electrons. The summed E-state index contributed by atoms with van der Waals surface area (Å²) in [5.41, 5.74) is 1.30. The molecule has 0 spiro atoms. The molecule has 0 aliphatic carbocycles. The molecule has 0 saturated carbocycles. The van der Waals surface area contributed by atoms with Gasteiger partial charge in [0.15, 0.2) is 0 Å². The fourth-order valence-corrected chi connectivity index (χ4v) is 5.33. The fourth-order valence-electron chi connectivity index (χ4n) is 5.33. The molecule has 3 atom stereocenters. The first-order valence-corrected chi connectivity index (χ1v) is 10.2. The molecular formula is C21H27N5O2. The van der Waals surface area contributed by atoms with Crippen LogP contribution in [-0.4, -0.2) is 64.3 Å². The third-order valence-electron chi connectivity index (χ3n) is 6.69. The van der Waals surface area contributed by atoms with Crippen molar-refractivity contribution < 1.29 is 9.53 Å². The van der Waals surface area contributed by atoms with E-state index < -0.39 is 0 Å². The van der Waals surface area contributed by atoms with Gasteiger partial charge >= 0.3 is 0 Å². The summed E-state index contributed by atoms with van der Waals surface area (Å²) in [5.74, 6) is 3.37. The molecule has 7 heteroatoms. The fraction of sp³-hybridized carbons (Fsp3) is 0.571. The molecule has 2 saturated heterocycles. The summed E-state index contributed by atoms with van der Waals surface area (Å²) in [6.07, 6.45) is 3.16. The lowest BCUT2D eigenvalue weighted by molar-refractivity contribution is 0.0749. The van der Waals surface area contributed by atoms with Crippen LogP contribution in [0.1, 0.15) is 40.9 Å².